The Balaban J connectivity index is 1.83. The summed E-state index contributed by atoms with van der Waals surface area (Å²) in [6.07, 6.45) is 3.04. The molecule has 0 radical (unpaired) electrons. The summed E-state index contributed by atoms with van der Waals surface area (Å²) in [6, 6.07) is 14.9. The van der Waals surface area contributed by atoms with Crippen molar-refractivity contribution in [2.75, 3.05) is 16.3 Å². The van der Waals surface area contributed by atoms with Gasteiger partial charge in [0.25, 0.3) is 5.95 Å². The molecule has 28 heavy (non-hydrogen) atoms. The number of nitrogens with one attached hydrogen (secondary N) is 2. The molecule has 0 unspecified atom stereocenters. The number of hydrogen-bond donors (Lipinski definition) is 2. The number of benzene rings is 2. The number of nitrogens with zero attached hydrogens (tertiary/aromatic N) is 3. The summed E-state index contributed by atoms with van der Waals surface area (Å²) in [5, 5.41) is 8.12. The Morgan fingerprint density at radius 2 is 1.89 bits per heavy atom. The van der Waals surface area contributed by atoms with Gasteiger partial charge in [0, 0.05) is 15.2 Å². The number of aromatic nitrogens is 3. The lowest BCUT2D eigenvalue weighted by Crippen LogP contribution is -2.20. The van der Waals surface area contributed by atoms with Gasteiger partial charge in [-0.2, -0.15) is 4.98 Å². The van der Waals surface area contributed by atoms with Crippen molar-refractivity contribution in [3.8, 4) is 0 Å². The van der Waals surface area contributed by atoms with Crippen LogP contribution in [0.15, 0.2) is 59.1 Å². The molecule has 0 spiro atoms. The summed E-state index contributed by atoms with van der Waals surface area (Å²) in [7, 11) is -3.50. The van der Waals surface area contributed by atoms with Crippen LogP contribution in [0.3, 0.4) is 0 Å². The first-order valence-corrected chi connectivity index (χ1v) is 11.3. The molecular weight excluding hydrogens is 466 g/mol. The molecule has 7 nitrogen and oxygen atoms in total. The van der Waals surface area contributed by atoms with E-state index in [1.54, 1.807) is 10.7 Å². The fourth-order valence-electron chi connectivity index (χ4n) is 2.94. The molecule has 1 aliphatic rings. The second-order valence-electron chi connectivity index (χ2n) is 6.26. The van der Waals surface area contributed by atoms with Gasteiger partial charge in [-0.05, 0) is 35.4 Å². The van der Waals surface area contributed by atoms with Gasteiger partial charge in [0.05, 0.1) is 6.26 Å². The fraction of sp³-hybridized carbons (Fsp3) is 0.111. The largest absolute Gasteiger partial charge is 0.324 e. The third-order valence-corrected chi connectivity index (χ3v) is 5.55. The SMILES string of the molecule is CS(=O)(=O)Nc1nc2n(n1)[C@H](c1ccccc1Cl)C=C(c1ccc(Br)cc1)N2. The quantitative estimate of drug-likeness (QED) is 0.586. The number of fused-ring (bicyclic) bond motifs is 1. The minimum absolute atomic E-state index is 0.00694. The van der Waals surface area contributed by atoms with Crippen LogP contribution in [0.1, 0.15) is 17.2 Å². The summed E-state index contributed by atoms with van der Waals surface area (Å²) in [5.74, 6) is 0.406. The first kappa shape index (κ1) is 19.0. The van der Waals surface area contributed by atoms with E-state index in [1.165, 1.54) is 0 Å². The number of rotatable bonds is 4. The maximum Gasteiger partial charge on any atom is 0.257 e. The molecule has 1 aromatic heterocycles. The number of anilines is 2. The van der Waals surface area contributed by atoms with Crippen LogP contribution in [0.4, 0.5) is 11.9 Å². The van der Waals surface area contributed by atoms with E-state index in [0.29, 0.717) is 11.0 Å². The molecule has 0 bridgehead atoms. The molecule has 0 fully saturated rings. The molecule has 2 N–H and O–H groups in total. The zero-order valence-corrected chi connectivity index (χ0v) is 17.8. The molecule has 2 heterocycles. The number of hydrogen-bond acceptors (Lipinski definition) is 5. The van der Waals surface area contributed by atoms with Crippen molar-refractivity contribution in [1.82, 2.24) is 14.8 Å². The topological polar surface area (TPSA) is 88.9 Å². The Morgan fingerprint density at radius 3 is 2.57 bits per heavy atom. The molecule has 1 aliphatic heterocycles. The standard InChI is InChI=1S/C18H15BrClN5O2S/c1-28(26,27)24-17-22-18-21-15(11-6-8-12(19)9-7-11)10-16(25(18)23-17)13-4-2-3-5-14(13)20/h2-10,16H,1H3,(H2,21,22,23,24)/t16-/m0/s1. The van der Waals surface area contributed by atoms with Crippen LogP contribution in [0.25, 0.3) is 5.70 Å². The Hall–Kier alpha value is -2.36. The third kappa shape index (κ3) is 3.91. The Labute approximate surface area is 175 Å². The second kappa shape index (κ2) is 7.23. The number of allylic oxidation sites excluding steroid dienone is 1. The van der Waals surface area contributed by atoms with Gasteiger partial charge in [0.15, 0.2) is 0 Å². The van der Waals surface area contributed by atoms with E-state index in [1.807, 2.05) is 48.5 Å². The lowest BCUT2D eigenvalue weighted by molar-refractivity contribution is 0.603. The van der Waals surface area contributed by atoms with Crippen LogP contribution in [0, 0.1) is 0 Å². The predicted molar refractivity (Wildman–Crippen MR) is 114 cm³/mol. The van der Waals surface area contributed by atoms with Crippen molar-refractivity contribution in [2.45, 2.75) is 6.04 Å². The molecule has 2 aromatic carbocycles. The number of sulfonamides is 1. The summed E-state index contributed by atoms with van der Waals surface area (Å²) < 4.78 is 28.0. The van der Waals surface area contributed by atoms with E-state index >= 15 is 0 Å². The second-order valence-corrected chi connectivity index (χ2v) is 9.33. The minimum Gasteiger partial charge on any atom is -0.324 e. The molecule has 3 aromatic rings. The van der Waals surface area contributed by atoms with Crippen LogP contribution >= 0.6 is 27.5 Å². The van der Waals surface area contributed by atoms with E-state index in [4.69, 9.17) is 11.6 Å². The molecule has 144 valence electrons. The smallest absolute Gasteiger partial charge is 0.257 e. The molecule has 10 heteroatoms. The van der Waals surface area contributed by atoms with Crippen LogP contribution in [-0.2, 0) is 10.0 Å². The Bertz CT molecular complexity index is 1170. The van der Waals surface area contributed by atoms with Gasteiger partial charge in [-0.1, -0.05) is 57.9 Å². The Kier molecular flexibility index (Phi) is 4.90. The highest BCUT2D eigenvalue weighted by atomic mass is 79.9. The van der Waals surface area contributed by atoms with Gasteiger partial charge in [0.2, 0.25) is 16.0 Å². The molecule has 0 amide bonds. The molecule has 4 rings (SSSR count). The van der Waals surface area contributed by atoms with E-state index in [9.17, 15) is 8.42 Å². The zero-order chi connectivity index (χ0) is 19.9. The van der Waals surface area contributed by atoms with Crippen LogP contribution in [-0.4, -0.2) is 29.4 Å². The summed E-state index contributed by atoms with van der Waals surface area (Å²) in [4.78, 5) is 4.29. The minimum atomic E-state index is -3.50. The average molecular weight is 481 g/mol. The van der Waals surface area contributed by atoms with Crippen molar-refractivity contribution < 1.29 is 8.42 Å². The van der Waals surface area contributed by atoms with Gasteiger partial charge in [-0.15, -0.1) is 5.10 Å². The van der Waals surface area contributed by atoms with Gasteiger partial charge >= 0.3 is 0 Å². The summed E-state index contributed by atoms with van der Waals surface area (Å²) >= 11 is 9.86. The summed E-state index contributed by atoms with van der Waals surface area (Å²) in [5.41, 5.74) is 2.60. The zero-order valence-electron chi connectivity index (χ0n) is 14.6. The first-order valence-electron chi connectivity index (χ1n) is 8.24. The molecule has 0 saturated heterocycles. The normalized spacial score (nSPS) is 16.1. The van der Waals surface area contributed by atoms with E-state index in [2.05, 4.69) is 36.1 Å². The lowest BCUT2D eigenvalue weighted by atomic mass is 10.0. The molecule has 0 aliphatic carbocycles. The van der Waals surface area contributed by atoms with Gasteiger partial charge in [0.1, 0.15) is 6.04 Å². The van der Waals surface area contributed by atoms with Crippen molar-refractivity contribution in [3.05, 3.63) is 75.2 Å². The lowest BCUT2D eigenvalue weighted by Gasteiger charge is -2.24. The van der Waals surface area contributed by atoms with Gasteiger partial charge in [-0.25, -0.2) is 13.1 Å². The summed E-state index contributed by atoms with van der Waals surface area (Å²) in [6.45, 7) is 0. The van der Waals surface area contributed by atoms with Crippen LogP contribution in [0.5, 0.6) is 0 Å². The van der Waals surface area contributed by atoms with E-state index < -0.39 is 10.0 Å². The molecule has 1 atom stereocenters. The highest BCUT2D eigenvalue weighted by Crippen LogP contribution is 2.36. The van der Waals surface area contributed by atoms with Crippen LogP contribution in [0.2, 0.25) is 5.02 Å². The maximum absolute atomic E-state index is 11.6. The molecular formula is C18H15BrClN5O2S. The van der Waals surface area contributed by atoms with Crippen molar-refractivity contribution in [2.24, 2.45) is 0 Å². The maximum atomic E-state index is 11.6. The average Bonchev–Trinajstić information content (AvgIpc) is 3.02. The van der Waals surface area contributed by atoms with Crippen molar-refractivity contribution >= 4 is 55.1 Å². The van der Waals surface area contributed by atoms with Crippen molar-refractivity contribution in [1.29, 1.82) is 0 Å². The van der Waals surface area contributed by atoms with Crippen LogP contribution < -0.4 is 10.0 Å². The highest BCUT2D eigenvalue weighted by Gasteiger charge is 2.27. The van der Waals surface area contributed by atoms with E-state index in [-0.39, 0.29) is 12.0 Å². The monoisotopic (exact) mass is 479 g/mol. The first-order chi connectivity index (χ1) is 13.3. The highest BCUT2D eigenvalue weighted by molar-refractivity contribution is 9.10. The third-order valence-electron chi connectivity index (χ3n) is 4.12. The van der Waals surface area contributed by atoms with Gasteiger partial charge < -0.3 is 5.32 Å². The van der Waals surface area contributed by atoms with E-state index in [0.717, 1.165) is 27.6 Å². The van der Waals surface area contributed by atoms with Gasteiger partial charge in [-0.3, -0.25) is 4.72 Å². The molecule has 0 saturated carbocycles. The Morgan fingerprint density at radius 1 is 1.18 bits per heavy atom. The fourth-order valence-corrected chi connectivity index (χ4v) is 3.87. The predicted octanol–water partition coefficient (Wildman–Crippen LogP) is 4.12. The number of halogens is 2. The van der Waals surface area contributed by atoms with Crippen molar-refractivity contribution in [3.63, 3.8) is 0 Å².